The zero-order valence-corrected chi connectivity index (χ0v) is 21.0. The standard InChI is InChI=1S/C23H27N5O3S2/c1-6-31-15-7-8-18-16(10-15)24-22(33-18)26-19(29)12-27-14(4)9-17-20(27)21(30)28(11-13(2)3)23(25-17)32-5/h7-10,13H,6,11-12H2,1-5H3,(H,24,26,29). The van der Waals surface area contributed by atoms with Gasteiger partial charge in [0, 0.05) is 18.3 Å². The highest BCUT2D eigenvalue weighted by molar-refractivity contribution is 7.98. The Balaban J connectivity index is 1.63. The van der Waals surface area contributed by atoms with Crippen molar-refractivity contribution in [3.63, 3.8) is 0 Å². The molecule has 0 aliphatic heterocycles. The number of anilines is 1. The number of nitrogens with zero attached hydrogens (tertiary/aromatic N) is 4. The third kappa shape index (κ3) is 4.77. The van der Waals surface area contributed by atoms with Crippen LogP contribution < -0.4 is 15.6 Å². The van der Waals surface area contributed by atoms with Crippen LogP contribution in [0.25, 0.3) is 21.3 Å². The van der Waals surface area contributed by atoms with E-state index < -0.39 is 0 Å². The van der Waals surface area contributed by atoms with E-state index in [0.717, 1.165) is 21.7 Å². The Morgan fingerprint density at radius 2 is 2.00 bits per heavy atom. The molecule has 0 saturated heterocycles. The molecular weight excluding hydrogens is 458 g/mol. The summed E-state index contributed by atoms with van der Waals surface area (Å²) in [7, 11) is 0. The van der Waals surface area contributed by atoms with Crippen LogP contribution in [0.15, 0.2) is 34.2 Å². The molecule has 174 valence electrons. The van der Waals surface area contributed by atoms with Crippen molar-refractivity contribution in [2.24, 2.45) is 5.92 Å². The van der Waals surface area contributed by atoms with E-state index in [-0.39, 0.29) is 18.0 Å². The number of hydrogen-bond donors (Lipinski definition) is 1. The van der Waals surface area contributed by atoms with Crippen molar-refractivity contribution in [3.8, 4) is 5.75 Å². The maximum atomic E-state index is 13.4. The number of carbonyl (C=O) groups excluding carboxylic acids is 1. The van der Waals surface area contributed by atoms with Crippen molar-refractivity contribution >= 4 is 55.4 Å². The molecule has 8 nitrogen and oxygen atoms in total. The number of hydrogen-bond acceptors (Lipinski definition) is 7. The minimum atomic E-state index is -0.247. The van der Waals surface area contributed by atoms with E-state index in [1.54, 1.807) is 9.13 Å². The number of thiazole rings is 1. The summed E-state index contributed by atoms with van der Waals surface area (Å²) in [5.41, 5.74) is 2.52. The van der Waals surface area contributed by atoms with Gasteiger partial charge in [-0.15, -0.1) is 0 Å². The van der Waals surface area contributed by atoms with Crippen LogP contribution in [0.5, 0.6) is 5.75 Å². The Labute approximate surface area is 200 Å². The monoisotopic (exact) mass is 485 g/mol. The minimum absolute atomic E-state index is 0.00661. The SMILES string of the molecule is CCOc1ccc2sc(NC(=O)Cn3c(C)cc4nc(SC)n(CC(C)C)c(=O)c43)nc2c1. The Kier molecular flexibility index (Phi) is 6.76. The molecule has 0 atom stereocenters. The molecule has 0 unspecified atom stereocenters. The van der Waals surface area contributed by atoms with Crippen LogP contribution in [-0.4, -0.2) is 37.9 Å². The smallest absolute Gasteiger partial charge is 0.278 e. The normalized spacial score (nSPS) is 11.6. The van der Waals surface area contributed by atoms with Crippen LogP contribution in [0.1, 0.15) is 26.5 Å². The van der Waals surface area contributed by atoms with E-state index in [9.17, 15) is 9.59 Å². The molecule has 0 spiro atoms. The third-order valence-corrected chi connectivity index (χ3v) is 6.76. The number of nitrogens with one attached hydrogen (secondary N) is 1. The molecule has 0 aliphatic carbocycles. The Morgan fingerprint density at radius 1 is 1.21 bits per heavy atom. The van der Waals surface area contributed by atoms with E-state index in [2.05, 4.69) is 29.1 Å². The molecule has 0 aliphatic rings. The molecule has 0 fully saturated rings. The molecule has 3 heterocycles. The van der Waals surface area contributed by atoms with Crippen molar-refractivity contribution in [1.82, 2.24) is 19.1 Å². The Morgan fingerprint density at radius 3 is 2.70 bits per heavy atom. The van der Waals surface area contributed by atoms with Crippen LogP contribution in [0.4, 0.5) is 5.13 Å². The quantitative estimate of drug-likeness (QED) is 0.291. The summed E-state index contributed by atoms with van der Waals surface area (Å²) in [4.78, 5) is 35.4. The van der Waals surface area contributed by atoms with E-state index in [4.69, 9.17) is 4.74 Å². The predicted molar refractivity (Wildman–Crippen MR) is 135 cm³/mol. The van der Waals surface area contributed by atoms with E-state index in [0.29, 0.717) is 40.4 Å². The largest absolute Gasteiger partial charge is 0.494 e. The molecule has 0 radical (unpaired) electrons. The highest BCUT2D eigenvalue weighted by Crippen LogP contribution is 2.29. The summed E-state index contributed by atoms with van der Waals surface area (Å²) in [6.45, 7) is 9.10. The average molecular weight is 486 g/mol. The molecule has 4 aromatic rings. The summed E-state index contributed by atoms with van der Waals surface area (Å²) >= 11 is 2.85. The Hall–Kier alpha value is -2.85. The van der Waals surface area contributed by atoms with Gasteiger partial charge in [-0.25, -0.2) is 9.97 Å². The van der Waals surface area contributed by atoms with Gasteiger partial charge in [0.1, 0.15) is 17.8 Å². The van der Waals surface area contributed by atoms with Crippen molar-refractivity contribution in [3.05, 3.63) is 40.3 Å². The second kappa shape index (κ2) is 9.56. The fourth-order valence-corrected chi connectivity index (χ4v) is 5.18. The summed E-state index contributed by atoms with van der Waals surface area (Å²) in [6, 6.07) is 7.55. The number of amides is 1. The maximum absolute atomic E-state index is 13.4. The zero-order chi connectivity index (χ0) is 23.7. The van der Waals surface area contributed by atoms with Gasteiger partial charge >= 0.3 is 0 Å². The maximum Gasteiger partial charge on any atom is 0.278 e. The zero-order valence-electron chi connectivity index (χ0n) is 19.3. The van der Waals surface area contributed by atoms with Crippen molar-refractivity contribution < 1.29 is 9.53 Å². The molecule has 10 heteroatoms. The molecule has 1 amide bonds. The lowest BCUT2D eigenvalue weighted by Crippen LogP contribution is -2.28. The summed E-state index contributed by atoms with van der Waals surface area (Å²) in [6.07, 6.45) is 1.91. The average Bonchev–Trinajstić information content (AvgIpc) is 3.29. The topological polar surface area (TPSA) is 91.0 Å². The van der Waals surface area contributed by atoms with E-state index >= 15 is 0 Å². The number of fused-ring (bicyclic) bond motifs is 2. The van der Waals surface area contributed by atoms with Crippen LogP contribution in [0, 0.1) is 12.8 Å². The number of thioether (sulfide) groups is 1. The first-order valence-corrected chi connectivity index (χ1v) is 12.8. The van der Waals surface area contributed by atoms with Gasteiger partial charge in [0.25, 0.3) is 5.56 Å². The number of ether oxygens (including phenoxy) is 1. The van der Waals surface area contributed by atoms with Crippen molar-refractivity contribution in [2.45, 2.75) is 45.9 Å². The molecular formula is C23H27N5O3S2. The Bertz CT molecular complexity index is 1390. The van der Waals surface area contributed by atoms with Gasteiger partial charge in [-0.2, -0.15) is 0 Å². The lowest BCUT2D eigenvalue weighted by Gasteiger charge is -2.14. The van der Waals surface area contributed by atoms with E-state index in [1.807, 2.05) is 44.4 Å². The number of benzene rings is 1. The van der Waals surface area contributed by atoms with Gasteiger partial charge in [0.15, 0.2) is 10.3 Å². The van der Waals surface area contributed by atoms with Gasteiger partial charge in [-0.3, -0.25) is 14.2 Å². The highest BCUT2D eigenvalue weighted by atomic mass is 32.2. The van der Waals surface area contributed by atoms with Crippen LogP contribution >= 0.6 is 23.1 Å². The lowest BCUT2D eigenvalue weighted by molar-refractivity contribution is -0.116. The van der Waals surface area contributed by atoms with Gasteiger partial charge in [-0.1, -0.05) is 36.9 Å². The predicted octanol–water partition coefficient (Wildman–Crippen LogP) is 4.53. The summed E-state index contributed by atoms with van der Waals surface area (Å²) in [5.74, 6) is 0.795. The molecule has 1 N–H and O–H groups in total. The molecule has 0 saturated carbocycles. The number of aromatic nitrogens is 4. The molecule has 33 heavy (non-hydrogen) atoms. The number of carbonyl (C=O) groups is 1. The van der Waals surface area contributed by atoms with Gasteiger partial charge in [-0.05, 0) is 44.2 Å². The number of rotatable bonds is 8. The molecule has 1 aromatic carbocycles. The van der Waals surface area contributed by atoms with Crippen molar-refractivity contribution in [1.29, 1.82) is 0 Å². The summed E-state index contributed by atoms with van der Waals surface area (Å²) < 4.78 is 9.93. The van der Waals surface area contributed by atoms with Gasteiger partial charge < -0.3 is 14.6 Å². The second-order valence-electron chi connectivity index (χ2n) is 8.14. The molecule has 4 rings (SSSR count). The molecule has 3 aromatic heterocycles. The third-order valence-electron chi connectivity index (χ3n) is 5.13. The van der Waals surface area contributed by atoms with Gasteiger partial charge in [0.2, 0.25) is 5.91 Å². The van der Waals surface area contributed by atoms with Crippen molar-refractivity contribution in [2.75, 3.05) is 18.2 Å². The number of aryl methyl sites for hydroxylation is 1. The lowest BCUT2D eigenvalue weighted by atomic mass is 10.2. The summed E-state index contributed by atoms with van der Waals surface area (Å²) in [5, 5.41) is 4.07. The van der Waals surface area contributed by atoms with E-state index in [1.165, 1.54) is 23.1 Å². The van der Waals surface area contributed by atoms with Crippen LogP contribution in [-0.2, 0) is 17.9 Å². The first-order valence-electron chi connectivity index (χ1n) is 10.8. The second-order valence-corrected chi connectivity index (χ2v) is 9.95. The highest BCUT2D eigenvalue weighted by Gasteiger charge is 2.19. The molecule has 0 bridgehead atoms. The first-order chi connectivity index (χ1) is 15.8. The van der Waals surface area contributed by atoms with Crippen LogP contribution in [0.2, 0.25) is 0 Å². The minimum Gasteiger partial charge on any atom is -0.494 e. The first kappa shape index (κ1) is 23.3. The van der Waals surface area contributed by atoms with Gasteiger partial charge in [0.05, 0.1) is 22.3 Å². The van der Waals surface area contributed by atoms with Crippen LogP contribution in [0.3, 0.4) is 0 Å². The fraction of sp³-hybridized carbons (Fsp3) is 0.391. The fourth-order valence-electron chi connectivity index (χ4n) is 3.75.